The number of piperazine rings is 1. The van der Waals surface area contributed by atoms with Gasteiger partial charge in [0.1, 0.15) is 10.9 Å². The van der Waals surface area contributed by atoms with Crippen LogP contribution in [0.4, 0.5) is 0 Å². The topological polar surface area (TPSA) is 87.7 Å². The number of thiocarbonyl (C=S) groups is 1. The molecule has 1 aromatic heterocycles. The lowest BCUT2D eigenvalue weighted by Gasteiger charge is -2.36. The molecule has 3 rings (SSSR count). The van der Waals surface area contributed by atoms with Gasteiger partial charge in [0.05, 0.1) is 17.5 Å². The van der Waals surface area contributed by atoms with Crippen LogP contribution < -0.4 is 10.6 Å². The third kappa shape index (κ3) is 4.85. The molecule has 2 amide bonds. The number of halogens is 1. The van der Waals surface area contributed by atoms with E-state index in [-0.39, 0.29) is 23.5 Å². The number of thiophene rings is 1. The van der Waals surface area contributed by atoms with Crippen LogP contribution in [-0.4, -0.2) is 53.0 Å². The Morgan fingerprint density at radius 3 is 2.83 bits per heavy atom. The van der Waals surface area contributed by atoms with E-state index in [9.17, 15) is 14.4 Å². The van der Waals surface area contributed by atoms with Gasteiger partial charge in [-0.1, -0.05) is 29.8 Å². The number of esters is 1. The van der Waals surface area contributed by atoms with Gasteiger partial charge in [0, 0.05) is 23.2 Å². The van der Waals surface area contributed by atoms with E-state index in [1.54, 1.807) is 13.8 Å². The van der Waals surface area contributed by atoms with Crippen molar-refractivity contribution in [3.8, 4) is 0 Å². The van der Waals surface area contributed by atoms with Gasteiger partial charge >= 0.3 is 5.97 Å². The van der Waals surface area contributed by atoms with E-state index in [1.165, 1.54) is 16.2 Å². The predicted molar refractivity (Wildman–Crippen MR) is 116 cm³/mol. The quantitative estimate of drug-likeness (QED) is 0.546. The molecule has 1 saturated heterocycles. The average molecular weight is 454 g/mol. The Labute approximate surface area is 182 Å². The molecule has 0 bridgehead atoms. The van der Waals surface area contributed by atoms with E-state index in [1.807, 2.05) is 24.3 Å². The van der Waals surface area contributed by atoms with Gasteiger partial charge < -0.3 is 15.0 Å². The molecule has 0 radical (unpaired) electrons. The highest BCUT2D eigenvalue weighted by molar-refractivity contribution is 7.80. The Bertz CT molecular complexity index is 976. The Hall–Kier alpha value is -2.23. The molecule has 2 heterocycles. The highest BCUT2D eigenvalue weighted by Gasteiger charge is 2.34. The van der Waals surface area contributed by atoms with Crippen LogP contribution in [0.25, 0.3) is 10.1 Å². The van der Waals surface area contributed by atoms with Crippen LogP contribution in [0.15, 0.2) is 24.3 Å². The molecular formula is C19H20ClN3O4S2. The van der Waals surface area contributed by atoms with Gasteiger partial charge in [-0.25, -0.2) is 0 Å². The number of benzene rings is 1. The number of fused-ring (bicyclic) bond motifs is 1. The molecule has 10 heteroatoms. The number of rotatable bonds is 4. The summed E-state index contributed by atoms with van der Waals surface area (Å²) < 4.78 is 6.03. The molecule has 0 aliphatic carbocycles. The number of nitrogens with one attached hydrogen (secondary N) is 2. The summed E-state index contributed by atoms with van der Waals surface area (Å²) in [4.78, 5) is 39.0. The number of hydrogen-bond donors (Lipinski definition) is 2. The standard InChI is InChI=1S/C19H20ClN3O4S2/c1-10(2)27-14(24)9-12-17(25)21-7-8-23(12)19(28)22-18(26)16-15(20)11-5-3-4-6-13(11)29-16/h3-6,10,12H,7-9H2,1-2H3,(H,21,25)(H,22,26,28). The average Bonchev–Trinajstić information content (AvgIpc) is 3.00. The monoisotopic (exact) mass is 453 g/mol. The molecule has 1 atom stereocenters. The fourth-order valence-corrected chi connectivity index (χ4v) is 4.74. The molecule has 2 N–H and O–H groups in total. The number of amides is 2. The number of carbonyl (C=O) groups excluding carboxylic acids is 3. The van der Waals surface area contributed by atoms with Crippen LogP contribution >= 0.6 is 35.2 Å². The van der Waals surface area contributed by atoms with Crippen LogP contribution in [0, 0.1) is 0 Å². The lowest BCUT2D eigenvalue weighted by Crippen LogP contribution is -2.60. The van der Waals surface area contributed by atoms with Crippen molar-refractivity contribution in [3.63, 3.8) is 0 Å². The molecule has 0 saturated carbocycles. The molecule has 1 unspecified atom stereocenters. The molecule has 29 heavy (non-hydrogen) atoms. The van der Waals surface area contributed by atoms with E-state index >= 15 is 0 Å². The van der Waals surface area contributed by atoms with Crippen LogP contribution in [0.3, 0.4) is 0 Å². The van der Waals surface area contributed by atoms with Crippen LogP contribution in [-0.2, 0) is 14.3 Å². The van der Waals surface area contributed by atoms with Gasteiger partial charge in [-0.2, -0.15) is 0 Å². The second-order valence-corrected chi connectivity index (χ2v) is 8.56. The van der Waals surface area contributed by atoms with Crippen LogP contribution in [0.5, 0.6) is 0 Å². The smallest absolute Gasteiger partial charge is 0.308 e. The summed E-state index contributed by atoms with van der Waals surface area (Å²) in [6, 6.07) is 6.59. The van der Waals surface area contributed by atoms with E-state index < -0.39 is 17.9 Å². The maximum atomic E-state index is 12.8. The summed E-state index contributed by atoms with van der Waals surface area (Å²) in [6.07, 6.45) is -0.451. The first kappa shape index (κ1) is 21.5. The molecule has 7 nitrogen and oxygen atoms in total. The van der Waals surface area contributed by atoms with E-state index in [2.05, 4.69) is 10.6 Å². The number of ether oxygens (including phenoxy) is 1. The molecule has 1 aliphatic heterocycles. The summed E-state index contributed by atoms with van der Waals surface area (Å²) in [5.41, 5.74) is 0. The van der Waals surface area contributed by atoms with Crippen LogP contribution in [0.1, 0.15) is 29.9 Å². The lowest BCUT2D eigenvalue weighted by atomic mass is 10.1. The minimum atomic E-state index is -0.847. The highest BCUT2D eigenvalue weighted by Crippen LogP contribution is 2.35. The van der Waals surface area contributed by atoms with E-state index in [0.717, 1.165) is 10.1 Å². The number of carbonyl (C=O) groups is 3. The highest BCUT2D eigenvalue weighted by atomic mass is 35.5. The van der Waals surface area contributed by atoms with E-state index in [4.69, 9.17) is 28.6 Å². The minimum Gasteiger partial charge on any atom is -0.463 e. The maximum absolute atomic E-state index is 12.8. The van der Waals surface area contributed by atoms with Crippen molar-refractivity contribution >= 4 is 68.1 Å². The zero-order valence-electron chi connectivity index (χ0n) is 15.9. The summed E-state index contributed by atoms with van der Waals surface area (Å²) in [5.74, 6) is -1.29. The van der Waals surface area contributed by atoms with Gasteiger partial charge in [0.25, 0.3) is 5.91 Å². The van der Waals surface area contributed by atoms with Gasteiger partial charge in [-0.05, 0) is 32.1 Å². The summed E-state index contributed by atoms with van der Waals surface area (Å²) in [5, 5.41) is 6.58. The zero-order chi connectivity index (χ0) is 21.1. The van der Waals surface area contributed by atoms with Crippen LogP contribution in [0.2, 0.25) is 5.02 Å². The fraction of sp³-hybridized carbons (Fsp3) is 0.368. The molecule has 1 aliphatic rings. The maximum Gasteiger partial charge on any atom is 0.308 e. The Morgan fingerprint density at radius 1 is 1.41 bits per heavy atom. The molecule has 154 valence electrons. The van der Waals surface area contributed by atoms with Crippen molar-refractivity contribution in [2.75, 3.05) is 13.1 Å². The minimum absolute atomic E-state index is 0.0701. The lowest BCUT2D eigenvalue weighted by molar-refractivity contribution is -0.150. The Balaban J connectivity index is 1.74. The first-order valence-corrected chi connectivity index (χ1v) is 10.6. The summed E-state index contributed by atoms with van der Waals surface area (Å²) in [7, 11) is 0. The first-order valence-electron chi connectivity index (χ1n) is 9.04. The second kappa shape index (κ2) is 9.06. The van der Waals surface area contributed by atoms with Crippen molar-refractivity contribution < 1.29 is 19.1 Å². The Morgan fingerprint density at radius 2 is 2.14 bits per heavy atom. The van der Waals surface area contributed by atoms with Crippen molar-refractivity contribution in [1.29, 1.82) is 0 Å². The van der Waals surface area contributed by atoms with Gasteiger partial charge in [-0.15, -0.1) is 11.3 Å². The molecule has 1 fully saturated rings. The van der Waals surface area contributed by atoms with Gasteiger partial charge in [0.15, 0.2) is 5.11 Å². The molecule has 0 spiro atoms. The zero-order valence-corrected chi connectivity index (χ0v) is 18.2. The number of nitrogens with zero attached hydrogens (tertiary/aromatic N) is 1. The molecule has 1 aromatic carbocycles. The summed E-state index contributed by atoms with van der Waals surface area (Å²) in [6.45, 7) is 4.19. The van der Waals surface area contributed by atoms with Crippen molar-refractivity contribution in [1.82, 2.24) is 15.5 Å². The number of hydrogen-bond acceptors (Lipinski definition) is 6. The first-order chi connectivity index (χ1) is 13.8. The molecule has 2 aromatic rings. The van der Waals surface area contributed by atoms with Gasteiger partial charge in [-0.3, -0.25) is 19.7 Å². The molecular weight excluding hydrogens is 434 g/mol. The normalized spacial score (nSPS) is 16.6. The van der Waals surface area contributed by atoms with Crippen molar-refractivity contribution in [2.45, 2.75) is 32.4 Å². The third-order valence-electron chi connectivity index (χ3n) is 4.28. The Kier molecular flexibility index (Phi) is 6.71. The fourth-order valence-electron chi connectivity index (χ4n) is 3.02. The predicted octanol–water partition coefficient (Wildman–Crippen LogP) is 2.71. The third-order valence-corrected chi connectivity index (χ3v) is 6.29. The van der Waals surface area contributed by atoms with E-state index in [0.29, 0.717) is 23.0 Å². The SMILES string of the molecule is CC(C)OC(=O)CC1C(=O)NCCN1C(=S)NC(=O)c1sc2ccccc2c1Cl. The summed E-state index contributed by atoms with van der Waals surface area (Å²) >= 11 is 13.0. The largest absolute Gasteiger partial charge is 0.463 e. The van der Waals surface area contributed by atoms with Crippen molar-refractivity contribution in [3.05, 3.63) is 34.2 Å². The van der Waals surface area contributed by atoms with Crippen molar-refractivity contribution in [2.24, 2.45) is 0 Å². The van der Waals surface area contributed by atoms with Gasteiger partial charge in [0.2, 0.25) is 5.91 Å². The second-order valence-electron chi connectivity index (χ2n) is 6.74.